The highest BCUT2D eigenvalue weighted by Gasteiger charge is 2.34. The van der Waals surface area contributed by atoms with E-state index in [-0.39, 0.29) is 27.8 Å². The minimum atomic E-state index is -4.64. The van der Waals surface area contributed by atoms with Crippen molar-refractivity contribution in [3.8, 4) is 27.6 Å². The minimum Gasteiger partial charge on any atom is -0.477 e. The molecule has 10 nitrogen and oxygen atoms in total. The van der Waals surface area contributed by atoms with Gasteiger partial charge in [0, 0.05) is 41.0 Å². The molecule has 14 heteroatoms. The number of alkyl halides is 3. The number of nitrogen functional groups attached to an aromatic ring is 1. The number of anilines is 1. The van der Waals surface area contributed by atoms with Crippen LogP contribution in [-0.4, -0.2) is 40.0 Å². The van der Waals surface area contributed by atoms with E-state index >= 15 is 0 Å². The Balaban J connectivity index is 1.74. The van der Waals surface area contributed by atoms with Crippen LogP contribution >= 0.6 is 11.3 Å². The summed E-state index contributed by atoms with van der Waals surface area (Å²) in [5, 5.41) is 6.07. The Kier molecular flexibility index (Phi) is 9.53. The monoisotopic (exact) mass is 577 g/mol. The van der Waals surface area contributed by atoms with Crippen LogP contribution in [0.5, 0.6) is 5.88 Å². The third kappa shape index (κ3) is 7.24. The van der Waals surface area contributed by atoms with Crippen LogP contribution in [0.25, 0.3) is 21.7 Å². The molecule has 3 aromatic rings. The molecule has 0 aromatic carbocycles. The van der Waals surface area contributed by atoms with Gasteiger partial charge >= 0.3 is 12.2 Å². The lowest BCUT2D eigenvalue weighted by Crippen LogP contribution is -2.30. The molecule has 0 bridgehead atoms. The second-order valence-electron chi connectivity index (χ2n) is 9.33. The summed E-state index contributed by atoms with van der Waals surface area (Å²) in [7, 11) is 0. The van der Waals surface area contributed by atoms with Gasteiger partial charge in [-0.05, 0) is 37.8 Å². The molecular weight excluding hydrogens is 547 g/mol. The van der Waals surface area contributed by atoms with Gasteiger partial charge in [0.1, 0.15) is 10.8 Å². The maximum atomic E-state index is 13.4. The highest BCUT2D eigenvalue weighted by Crippen LogP contribution is 2.41. The molecule has 214 valence electrons. The number of hydrazine groups is 1. The third-order valence-electron chi connectivity index (χ3n) is 6.51. The number of urea groups is 1. The maximum Gasteiger partial charge on any atom is 0.434 e. The Bertz CT molecular complexity index is 1340. The van der Waals surface area contributed by atoms with Gasteiger partial charge in [0.15, 0.2) is 5.69 Å². The number of rotatable bonds is 10. The Hall–Kier alpha value is -3.78. The standard InChI is InChI=1S/C26H30F3N7O3S/c1-2-31-25(38)35-21-11-18(24-34-20(14-40-24)26(27,28)29)19(13-32-21)17-10-16(22(37)36-30)12-33-23(17)39-9-5-8-15-6-3-4-7-15/h10-15H,2-9,30H2,1H3,(H,36,37)(H2,31,32,35,38). The van der Waals surface area contributed by atoms with Gasteiger partial charge in [0.05, 0.1) is 12.2 Å². The zero-order chi connectivity index (χ0) is 28.7. The van der Waals surface area contributed by atoms with Crippen LogP contribution < -0.4 is 26.6 Å². The Morgan fingerprint density at radius 1 is 1.12 bits per heavy atom. The molecule has 0 saturated heterocycles. The Labute approximate surface area is 232 Å². The second-order valence-corrected chi connectivity index (χ2v) is 10.2. The molecule has 40 heavy (non-hydrogen) atoms. The number of thiazole rings is 1. The first-order valence-corrected chi connectivity index (χ1v) is 13.8. The topological polar surface area (TPSA) is 144 Å². The van der Waals surface area contributed by atoms with E-state index in [0.29, 0.717) is 30.2 Å². The normalized spacial score (nSPS) is 13.7. The zero-order valence-electron chi connectivity index (χ0n) is 21.8. The van der Waals surface area contributed by atoms with E-state index in [9.17, 15) is 22.8 Å². The number of halogens is 3. The van der Waals surface area contributed by atoms with Gasteiger partial charge < -0.3 is 10.1 Å². The molecule has 3 amide bonds. The molecule has 3 aromatic heterocycles. The average molecular weight is 578 g/mol. The van der Waals surface area contributed by atoms with Crippen molar-refractivity contribution in [2.45, 2.75) is 51.6 Å². The number of ether oxygens (including phenoxy) is 1. The highest BCUT2D eigenvalue weighted by molar-refractivity contribution is 7.13. The number of carbonyl (C=O) groups excluding carboxylic acids is 2. The molecule has 4 rings (SSSR count). The molecule has 0 atom stereocenters. The number of nitrogens with one attached hydrogen (secondary N) is 3. The summed E-state index contributed by atoms with van der Waals surface area (Å²) in [5.41, 5.74) is 1.98. The summed E-state index contributed by atoms with van der Waals surface area (Å²) in [6.45, 7) is 2.47. The predicted molar refractivity (Wildman–Crippen MR) is 145 cm³/mol. The third-order valence-corrected chi connectivity index (χ3v) is 7.39. The highest BCUT2D eigenvalue weighted by atomic mass is 32.1. The lowest BCUT2D eigenvalue weighted by molar-refractivity contribution is -0.140. The van der Waals surface area contributed by atoms with Gasteiger partial charge in [-0.25, -0.2) is 25.6 Å². The first-order chi connectivity index (χ1) is 19.2. The molecule has 0 spiro atoms. The molecule has 1 aliphatic rings. The summed E-state index contributed by atoms with van der Waals surface area (Å²) < 4.78 is 46.2. The Morgan fingerprint density at radius 3 is 2.58 bits per heavy atom. The van der Waals surface area contributed by atoms with E-state index in [1.54, 1.807) is 6.92 Å². The number of nitrogens with zero attached hydrogens (tertiary/aromatic N) is 3. The number of hydrogen-bond donors (Lipinski definition) is 4. The van der Waals surface area contributed by atoms with E-state index in [1.807, 2.05) is 5.43 Å². The number of hydrogen-bond acceptors (Lipinski definition) is 8. The van der Waals surface area contributed by atoms with Gasteiger partial charge in [0.25, 0.3) is 5.91 Å². The molecular formula is C26H30F3N7O3S. The maximum absolute atomic E-state index is 13.4. The molecule has 3 heterocycles. The van der Waals surface area contributed by atoms with Gasteiger partial charge in [-0.15, -0.1) is 11.3 Å². The molecule has 1 saturated carbocycles. The van der Waals surface area contributed by atoms with Gasteiger partial charge in [0.2, 0.25) is 5.88 Å². The summed E-state index contributed by atoms with van der Waals surface area (Å²) in [6, 6.07) is 2.37. The number of nitrogens with two attached hydrogens (primary N) is 1. The van der Waals surface area contributed by atoms with Crippen LogP contribution in [0, 0.1) is 5.92 Å². The summed E-state index contributed by atoms with van der Waals surface area (Å²) in [4.78, 5) is 36.8. The van der Waals surface area contributed by atoms with Crippen molar-refractivity contribution < 1.29 is 27.5 Å². The SMILES string of the molecule is CCNC(=O)Nc1cc(-c2nc(C(F)(F)F)cs2)c(-c2cc(C(=O)NN)cnc2OCCCC2CCCC2)cn1. The summed E-state index contributed by atoms with van der Waals surface area (Å²) in [5.74, 6) is 5.66. The van der Waals surface area contributed by atoms with Crippen LogP contribution in [-0.2, 0) is 6.18 Å². The minimum absolute atomic E-state index is 0.0320. The average Bonchev–Trinajstić information content (AvgIpc) is 3.64. The Morgan fingerprint density at radius 2 is 1.90 bits per heavy atom. The van der Waals surface area contributed by atoms with Crippen molar-refractivity contribution in [3.63, 3.8) is 0 Å². The number of aromatic nitrogens is 3. The second kappa shape index (κ2) is 13.0. The molecule has 1 aliphatic carbocycles. The fourth-order valence-corrected chi connectivity index (χ4v) is 5.43. The summed E-state index contributed by atoms with van der Waals surface area (Å²) >= 11 is 0.785. The smallest absolute Gasteiger partial charge is 0.434 e. The molecule has 0 radical (unpaired) electrons. The van der Waals surface area contributed by atoms with E-state index in [2.05, 4.69) is 25.6 Å². The lowest BCUT2D eigenvalue weighted by atomic mass is 10.0. The quantitative estimate of drug-likeness (QED) is 0.110. The van der Waals surface area contributed by atoms with Gasteiger partial charge in [-0.1, -0.05) is 25.7 Å². The zero-order valence-corrected chi connectivity index (χ0v) is 22.6. The molecule has 0 aliphatic heterocycles. The fourth-order valence-electron chi connectivity index (χ4n) is 4.57. The fraction of sp³-hybridized carbons (Fsp3) is 0.423. The van der Waals surface area contributed by atoms with Crippen molar-refractivity contribution >= 4 is 29.1 Å². The van der Waals surface area contributed by atoms with Crippen LogP contribution in [0.3, 0.4) is 0 Å². The lowest BCUT2D eigenvalue weighted by Gasteiger charge is -2.16. The molecule has 1 fully saturated rings. The summed E-state index contributed by atoms with van der Waals surface area (Å²) in [6.07, 6.45) is 4.79. The van der Waals surface area contributed by atoms with E-state index < -0.39 is 23.8 Å². The van der Waals surface area contributed by atoms with Crippen LogP contribution in [0.15, 0.2) is 29.9 Å². The van der Waals surface area contributed by atoms with Crippen molar-refractivity contribution in [3.05, 3.63) is 41.2 Å². The van der Waals surface area contributed by atoms with Crippen molar-refractivity contribution in [2.75, 3.05) is 18.5 Å². The van der Waals surface area contributed by atoms with Crippen molar-refractivity contribution in [1.82, 2.24) is 25.7 Å². The van der Waals surface area contributed by atoms with Crippen molar-refractivity contribution in [2.24, 2.45) is 11.8 Å². The van der Waals surface area contributed by atoms with Gasteiger partial charge in [-0.2, -0.15) is 13.2 Å². The van der Waals surface area contributed by atoms with E-state index in [0.717, 1.165) is 29.6 Å². The number of amides is 3. The van der Waals surface area contributed by atoms with Gasteiger partial charge in [-0.3, -0.25) is 15.5 Å². The largest absolute Gasteiger partial charge is 0.477 e. The van der Waals surface area contributed by atoms with Crippen LogP contribution in [0.1, 0.15) is 61.5 Å². The molecule has 0 unspecified atom stereocenters. The van der Waals surface area contributed by atoms with Crippen LogP contribution in [0.2, 0.25) is 0 Å². The molecule has 5 N–H and O–H groups in total. The van der Waals surface area contributed by atoms with Crippen LogP contribution in [0.4, 0.5) is 23.8 Å². The van der Waals surface area contributed by atoms with E-state index in [4.69, 9.17) is 10.6 Å². The first kappa shape index (κ1) is 29.2. The number of carbonyl (C=O) groups is 2. The van der Waals surface area contributed by atoms with E-state index in [1.165, 1.54) is 50.2 Å². The first-order valence-electron chi connectivity index (χ1n) is 12.9. The number of pyridine rings is 2. The van der Waals surface area contributed by atoms with Crippen molar-refractivity contribution in [1.29, 1.82) is 0 Å². The predicted octanol–water partition coefficient (Wildman–Crippen LogP) is 5.38.